The lowest BCUT2D eigenvalue weighted by molar-refractivity contribution is 0.935. The van der Waals surface area contributed by atoms with Crippen LogP contribution in [0.3, 0.4) is 0 Å². The van der Waals surface area contributed by atoms with Gasteiger partial charge in [-0.15, -0.1) is 0 Å². The molecule has 0 bridgehead atoms. The Balaban J connectivity index is 2.19. The van der Waals surface area contributed by atoms with E-state index in [0.29, 0.717) is 12.0 Å². The molecule has 1 aromatic rings. The van der Waals surface area contributed by atoms with Gasteiger partial charge in [-0.25, -0.2) is 4.68 Å². The van der Waals surface area contributed by atoms with Crippen LogP contribution in [0.2, 0.25) is 0 Å². The quantitative estimate of drug-likeness (QED) is 0.675. The van der Waals surface area contributed by atoms with Gasteiger partial charge in [-0.3, -0.25) is 0 Å². The number of nitrogens with zero attached hydrogens (tertiary/aromatic N) is 2. The van der Waals surface area contributed by atoms with Gasteiger partial charge in [0.05, 0.1) is 6.20 Å². The zero-order valence-electron chi connectivity index (χ0n) is 6.27. The third kappa shape index (κ3) is 1.07. The summed E-state index contributed by atoms with van der Waals surface area (Å²) < 4.78 is 1.71. The van der Waals surface area contributed by atoms with E-state index in [-0.39, 0.29) is 0 Å². The average molecular weight is 149 g/mol. The SMILES string of the molecule is C=Cn1cc(C2CC2N)cn1. The molecule has 0 amide bonds. The van der Waals surface area contributed by atoms with Crippen LogP contribution in [0.15, 0.2) is 19.0 Å². The Hall–Kier alpha value is -1.09. The predicted octanol–water partition coefficient (Wildman–Crippen LogP) is 0.798. The van der Waals surface area contributed by atoms with Crippen molar-refractivity contribution in [2.75, 3.05) is 0 Å². The normalized spacial score (nSPS) is 28.5. The molecule has 0 radical (unpaired) electrons. The third-order valence-electron chi connectivity index (χ3n) is 2.08. The summed E-state index contributed by atoms with van der Waals surface area (Å²) in [6, 6.07) is 0.359. The number of aromatic nitrogens is 2. The average Bonchev–Trinajstić information content (AvgIpc) is 2.59. The molecule has 58 valence electrons. The smallest absolute Gasteiger partial charge is 0.0529 e. The minimum Gasteiger partial charge on any atom is -0.327 e. The molecule has 11 heavy (non-hydrogen) atoms. The van der Waals surface area contributed by atoms with Crippen LogP contribution >= 0.6 is 0 Å². The molecule has 2 atom stereocenters. The van der Waals surface area contributed by atoms with E-state index < -0.39 is 0 Å². The topological polar surface area (TPSA) is 43.8 Å². The Labute approximate surface area is 65.5 Å². The summed E-state index contributed by atoms with van der Waals surface area (Å²) in [4.78, 5) is 0. The van der Waals surface area contributed by atoms with E-state index in [4.69, 9.17) is 5.73 Å². The maximum absolute atomic E-state index is 5.69. The molecule has 3 heteroatoms. The Morgan fingerprint density at radius 2 is 2.55 bits per heavy atom. The molecule has 1 aliphatic carbocycles. The van der Waals surface area contributed by atoms with Crippen molar-refractivity contribution in [3.05, 3.63) is 24.5 Å². The Kier molecular flexibility index (Phi) is 1.32. The first-order valence-corrected chi connectivity index (χ1v) is 3.73. The molecule has 1 aromatic heterocycles. The van der Waals surface area contributed by atoms with Crippen molar-refractivity contribution in [2.24, 2.45) is 5.73 Å². The Morgan fingerprint density at radius 3 is 3.00 bits per heavy atom. The predicted molar refractivity (Wildman–Crippen MR) is 43.9 cm³/mol. The minimum absolute atomic E-state index is 0.359. The summed E-state index contributed by atoms with van der Waals surface area (Å²) >= 11 is 0. The first-order chi connectivity index (χ1) is 5.31. The van der Waals surface area contributed by atoms with Crippen LogP contribution in [-0.2, 0) is 0 Å². The summed E-state index contributed by atoms with van der Waals surface area (Å²) in [5, 5.41) is 4.07. The van der Waals surface area contributed by atoms with E-state index in [1.807, 2.05) is 12.4 Å². The fourth-order valence-corrected chi connectivity index (χ4v) is 1.24. The molecule has 0 aromatic carbocycles. The second kappa shape index (κ2) is 2.20. The highest BCUT2D eigenvalue weighted by molar-refractivity contribution is 5.26. The van der Waals surface area contributed by atoms with Crippen molar-refractivity contribution in [1.82, 2.24) is 9.78 Å². The maximum atomic E-state index is 5.69. The molecule has 0 aliphatic heterocycles. The van der Waals surface area contributed by atoms with Crippen LogP contribution in [0.4, 0.5) is 0 Å². The molecule has 2 rings (SSSR count). The van der Waals surface area contributed by atoms with E-state index in [2.05, 4.69) is 11.7 Å². The lowest BCUT2D eigenvalue weighted by atomic mass is 10.2. The molecule has 0 spiro atoms. The van der Waals surface area contributed by atoms with Crippen LogP contribution in [0.25, 0.3) is 6.20 Å². The number of nitrogens with two attached hydrogens (primary N) is 1. The lowest BCUT2D eigenvalue weighted by Crippen LogP contribution is -2.00. The van der Waals surface area contributed by atoms with Crippen LogP contribution < -0.4 is 5.73 Å². The highest BCUT2D eigenvalue weighted by Crippen LogP contribution is 2.38. The van der Waals surface area contributed by atoms with Gasteiger partial charge in [0.25, 0.3) is 0 Å². The molecule has 1 saturated carbocycles. The molecule has 1 fully saturated rings. The van der Waals surface area contributed by atoms with Gasteiger partial charge in [0.15, 0.2) is 0 Å². The van der Waals surface area contributed by atoms with Crippen LogP contribution in [0.5, 0.6) is 0 Å². The van der Waals surface area contributed by atoms with E-state index in [1.54, 1.807) is 10.9 Å². The van der Waals surface area contributed by atoms with Crippen molar-refractivity contribution in [3.8, 4) is 0 Å². The van der Waals surface area contributed by atoms with Gasteiger partial charge in [-0.2, -0.15) is 5.10 Å². The number of rotatable bonds is 2. The molecule has 1 heterocycles. The van der Waals surface area contributed by atoms with Crippen LogP contribution in [0.1, 0.15) is 17.9 Å². The second-order valence-electron chi connectivity index (χ2n) is 2.94. The minimum atomic E-state index is 0.359. The van der Waals surface area contributed by atoms with Crippen LogP contribution in [-0.4, -0.2) is 15.8 Å². The fraction of sp³-hybridized carbons (Fsp3) is 0.375. The van der Waals surface area contributed by atoms with Gasteiger partial charge >= 0.3 is 0 Å². The summed E-state index contributed by atoms with van der Waals surface area (Å²) in [5.74, 6) is 0.545. The van der Waals surface area contributed by atoms with Gasteiger partial charge in [0, 0.05) is 24.4 Å². The summed E-state index contributed by atoms with van der Waals surface area (Å²) in [6.07, 6.45) is 6.62. The van der Waals surface area contributed by atoms with Gasteiger partial charge in [-0.1, -0.05) is 6.58 Å². The number of hydrogen-bond acceptors (Lipinski definition) is 2. The standard InChI is InChI=1S/C8H11N3/c1-2-11-5-6(4-10-11)7-3-8(7)9/h2,4-5,7-8H,1,3,9H2. The van der Waals surface area contributed by atoms with Gasteiger partial charge in [0.2, 0.25) is 0 Å². The van der Waals surface area contributed by atoms with Gasteiger partial charge in [0.1, 0.15) is 0 Å². The summed E-state index contributed by atoms with van der Waals surface area (Å²) in [5.41, 5.74) is 6.92. The summed E-state index contributed by atoms with van der Waals surface area (Å²) in [6.45, 7) is 3.61. The monoisotopic (exact) mass is 149 g/mol. The zero-order chi connectivity index (χ0) is 7.84. The second-order valence-corrected chi connectivity index (χ2v) is 2.94. The molecular formula is C8H11N3. The highest BCUT2D eigenvalue weighted by Gasteiger charge is 2.35. The summed E-state index contributed by atoms with van der Waals surface area (Å²) in [7, 11) is 0. The van der Waals surface area contributed by atoms with Crippen LogP contribution in [0, 0.1) is 0 Å². The van der Waals surface area contributed by atoms with Crippen molar-refractivity contribution >= 4 is 6.20 Å². The maximum Gasteiger partial charge on any atom is 0.0529 e. The Bertz CT molecular complexity index is 277. The van der Waals surface area contributed by atoms with E-state index >= 15 is 0 Å². The lowest BCUT2D eigenvalue weighted by Gasteiger charge is -1.87. The zero-order valence-corrected chi connectivity index (χ0v) is 6.27. The Morgan fingerprint density at radius 1 is 1.82 bits per heavy atom. The molecule has 2 unspecified atom stereocenters. The first kappa shape index (κ1) is 6.61. The molecule has 1 aliphatic rings. The molecule has 0 saturated heterocycles. The van der Waals surface area contributed by atoms with Crippen molar-refractivity contribution < 1.29 is 0 Å². The molecular weight excluding hydrogens is 138 g/mol. The van der Waals surface area contributed by atoms with Crippen molar-refractivity contribution in [2.45, 2.75) is 18.4 Å². The molecule has 3 nitrogen and oxygen atoms in total. The largest absolute Gasteiger partial charge is 0.327 e. The van der Waals surface area contributed by atoms with E-state index in [0.717, 1.165) is 6.42 Å². The van der Waals surface area contributed by atoms with Crippen molar-refractivity contribution in [3.63, 3.8) is 0 Å². The van der Waals surface area contributed by atoms with E-state index in [9.17, 15) is 0 Å². The van der Waals surface area contributed by atoms with Crippen molar-refractivity contribution in [1.29, 1.82) is 0 Å². The fourth-order valence-electron chi connectivity index (χ4n) is 1.24. The third-order valence-corrected chi connectivity index (χ3v) is 2.08. The molecule has 2 N–H and O–H groups in total. The van der Waals surface area contributed by atoms with Gasteiger partial charge < -0.3 is 5.73 Å². The highest BCUT2D eigenvalue weighted by atomic mass is 15.2. The number of hydrogen-bond donors (Lipinski definition) is 1. The van der Waals surface area contributed by atoms with E-state index in [1.165, 1.54) is 5.56 Å². The first-order valence-electron chi connectivity index (χ1n) is 3.73. The van der Waals surface area contributed by atoms with Gasteiger partial charge in [-0.05, 0) is 12.0 Å².